The van der Waals surface area contributed by atoms with Crippen LogP contribution in [0.25, 0.3) is 77.2 Å². The molecule has 1 unspecified atom stereocenters. The first-order valence-electron chi connectivity index (χ1n) is 21.1. The van der Waals surface area contributed by atoms with Crippen LogP contribution in [0, 0.1) is 0 Å². The smallest absolute Gasteiger partial charge is 0.113 e. The molecule has 13 rings (SSSR count). The number of hydrogen-bond acceptors (Lipinski definition) is 0. The Labute approximate surface area is 350 Å². The number of aromatic nitrogens is 2. The molecule has 1 spiro atoms. The molecule has 282 valence electrons. The van der Waals surface area contributed by atoms with E-state index in [9.17, 15) is 0 Å². The Morgan fingerprint density at radius 2 is 0.850 bits per heavy atom. The van der Waals surface area contributed by atoms with E-state index in [0.29, 0.717) is 0 Å². The van der Waals surface area contributed by atoms with Crippen LogP contribution in [-0.4, -0.2) is 17.2 Å². The Balaban J connectivity index is 0.988. The zero-order valence-corrected chi connectivity index (χ0v) is 34.5. The highest BCUT2D eigenvalue weighted by molar-refractivity contribution is 7.02. The molecular weight excluding hydrogens is 741 g/mol. The van der Waals surface area contributed by atoms with Crippen LogP contribution in [-0.2, 0) is 5.41 Å². The molecule has 11 aromatic rings. The molecule has 60 heavy (non-hydrogen) atoms. The summed E-state index contributed by atoms with van der Waals surface area (Å²) in [6.07, 6.45) is 0. The third-order valence-electron chi connectivity index (χ3n) is 14.0. The first-order chi connectivity index (χ1) is 29.5. The SMILES string of the molecule is C[Si]1(C)c2ccccc2C2(c3ccccc3-n3c4ccccc4c4cccc2c43)c2cccc(-c3ccc(-c4ccc(-n5c6ccccc6c6ccccc65)cc4)cc3)c21. The van der Waals surface area contributed by atoms with Gasteiger partial charge in [0.05, 0.1) is 33.2 Å². The molecule has 0 saturated heterocycles. The average molecular weight is 781 g/mol. The van der Waals surface area contributed by atoms with E-state index in [-0.39, 0.29) is 0 Å². The fourth-order valence-corrected chi connectivity index (χ4v) is 15.1. The second kappa shape index (κ2) is 12.2. The van der Waals surface area contributed by atoms with E-state index in [1.54, 1.807) is 0 Å². The maximum absolute atomic E-state index is 2.57. The lowest BCUT2D eigenvalue weighted by Gasteiger charge is -2.50. The molecule has 3 heteroatoms. The van der Waals surface area contributed by atoms with Gasteiger partial charge in [-0.1, -0.05) is 183 Å². The van der Waals surface area contributed by atoms with Crippen molar-refractivity contribution in [3.63, 3.8) is 0 Å². The summed E-state index contributed by atoms with van der Waals surface area (Å²) in [6, 6.07) is 77.6. The molecule has 2 aliphatic rings. The van der Waals surface area contributed by atoms with E-state index in [1.165, 1.54) is 110 Å². The highest BCUT2D eigenvalue weighted by Gasteiger charge is 2.53. The van der Waals surface area contributed by atoms with E-state index in [1.807, 2.05) is 0 Å². The Morgan fingerprint density at radius 1 is 0.367 bits per heavy atom. The van der Waals surface area contributed by atoms with Crippen LogP contribution in [0.5, 0.6) is 0 Å². The van der Waals surface area contributed by atoms with Gasteiger partial charge >= 0.3 is 0 Å². The largest absolute Gasteiger partial charge is 0.309 e. The number of hydrogen-bond donors (Lipinski definition) is 0. The average Bonchev–Trinajstić information content (AvgIpc) is 3.83. The van der Waals surface area contributed by atoms with Crippen LogP contribution in [0.2, 0.25) is 13.1 Å². The second-order valence-electron chi connectivity index (χ2n) is 17.2. The molecule has 0 radical (unpaired) electrons. The molecule has 0 N–H and O–H groups in total. The first kappa shape index (κ1) is 33.7. The highest BCUT2D eigenvalue weighted by Crippen LogP contribution is 2.55. The lowest BCUT2D eigenvalue weighted by atomic mass is 9.62. The number of benzene rings is 9. The van der Waals surface area contributed by atoms with Gasteiger partial charge in [-0.25, -0.2) is 0 Å². The highest BCUT2D eigenvalue weighted by atomic mass is 28.3. The monoisotopic (exact) mass is 780 g/mol. The molecule has 0 saturated carbocycles. The molecule has 1 atom stereocenters. The van der Waals surface area contributed by atoms with Crippen molar-refractivity contribution < 1.29 is 0 Å². The van der Waals surface area contributed by atoms with E-state index in [4.69, 9.17) is 0 Å². The van der Waals surface area contributed by atoms with Crippen molar-refractivity contribution in [2.45, 2.75) is 18.5 Å². The van der Waals surface area contributed by atoms with Crippen LogP contribution < -0.4 is 10.4 Å². The van der Waals surface area contributed by atoms with Crippen molar-refractivity contribution >= 4 is 62.1 Å². The summed E-state index contributed by atoms with van der Waals surface area (Å²) in [7, 11) is -2.26. The fraction of sp³-hybridized carbons (Fsp3) is 0.0526. The van der Waals surface area contributed by atoms with Crippen molar-refractivity contribution in [2.75, 3.05) is 0 Å². The minimum absolute atomic E-state index is 0.483. The minimum Gasteiger partial charge on any atom is -0.309 e. The van der Waals surface area contributed by atoms with E-state index in [2.05, 4.69) is 228 Å². The predicted octanol–water partition coefficient (Wildman–Crippen LogP) is 13.0. The predicted molar refractivity (Wildman–Crippen MR) is 255 cm³/mol. The zero-order chi connectivity index (χ0) is 39.7. The van der Waals surface area contributed by atoms with Gasteiger partial charge in [0.1, 0.15) is 8.07 Å². The summed E-state index contributed by atoms with van der Waals surface area (Å²) in [5.41, 5.74) is 17.6. The van der Waals surface area contributed by atoms with Crippen molar-refractivity contribution in [1.29, 1.82) is 0 Å². The van der Waals surface area contributed by atoms with Crippen molar-refractivity contribution in [3.05, 3.63) is 229 Å². The van der Waals surface area contributed by atoms with Crippen LogP contribution >= 0.6 is 0 Å². The van der Waals surface area contributed by atoms with E-state index >= 15 is 0 Å². The first-order valence-corrected chi connectivity index (χ1v) is 24.1. The summed E-state index contributed by atoms with van der Waals surface area (Å²) in [5.74, 6) is 0. The molecule has 9 aromatic carbocycles. The summed E-state index contributed by atoms with van der Waals surface area (Å²) in [4.78, 5) is 0. The Bertz CT molecular complexity index is 3510. The standard InChI is InChI=1S/C57H40N2Si/c1-60(2)54-28-12-7-21-47(54)57(46-20-6-11-27-53(46)59-52-26-10-5-17-44(52)45-19-14-22-48(57)55(45)59)49-23-13-18-41(56(49)60)39-31-29-37(30-32-39)38-33-35-40(36-34-38)58-50-24-8-3-15-42(50)43-16-4-9-25-51(43)58/h3-36H,1-2H3. The minimum atomic E-state index is -2.26. The molecule has 0 bridgehead atoms. The quantitative estimate of drug-likeness (QED) is 0.158. The third kappa shape index (κ3) is 4.27. The molecular formula is C57H40N2Si. The maximum atomic E-state index is 2.57. The Morgan fingerprint density at radius 3 is 1.55 bits per heavy atom. The van der Waals surface area contributed by atoms with Gasteiger partial charge in [0.25, 0.3) is 0 Å². The fourth-order valence-electron chi connectivity index (χ4n) is 11.5. The van der Waals surface area contributed by atoms with Crippen molar-refractivity contribution in [3.8, 4) is 33.6 Å². The van der Waals surface area contributed by atoms with Gasteiger partial charge < -0.3 is 9.13 Å². The summed E-state index contributed by atoms with van der Waals surface area (Å²) >= 11 is 0. The van der Waals surface area contributed by atoms with Gasteiger partial charge in [0.15, 0.2) is 0 Å². The normalized spacial score (nSPS) is 16.0. The third-order valence-corrected chi connectivity index (χ3v) is 17.6. The zero-order valence-electron chi connectivity index (χ0n) is 33.5. The lowest BCUT2D eigenvalue weighted by molar-refractivity contribution is 0.732. The molecule has 4 heterocycles. The van der Waals surface area contributed by atoms with Crippen molar-refractivity contribution in [1.82, 2.24) is 9.13 Å². The number of para-hydroxylation sites is 5. The topological polar surface area (TPSA) is 9.86 Å². The molecule has 0 fully saturated rings. The van der Waals surface area contributed by atoms with Gasteiger partial charge in [-0.15, -0.1) is 0 Å². The van der Waals surface area contributed by atoms with Gasteiger partial charge in [0, 0.05) is 27.2 Å². The lowest BCUT2D eigenvalue weighted by Crippen LogP contribution is -2.64. The molecule has 2 aliphatic heterocycles. The number of nitrogens with zero attached hydrogens (tertiary/aromatic N) is 2. The molecule has 0 aliphatic carbocycles. The summed E-state index contributed by atoms with van der Waals surface area (Å²) in [6.45, 7) is 5.14. The summed E-state index contributed by atoms with van der Waals surface area (Å²) < 4.78 is 4.93. The van der Waals surface area contributed by atoms with Gasteiger partial charge in [-0.05, 0) is 91.3 Å². The van der Waals surface area contributed by atoms with Crippen LogP contribution in [0.1, 0.15) is 22.3 Å². The van der Waals surface area contributed by atoms with E-state index in [0.717, 1.165) is 0 Å². The van der Waals surface area contributed by atoms with Crippen LogP contribution in [0.3, 0.4) is 0 Å². The molecule has 2 aromatic heterocycles. The van der Waals surface area contributed by atoms with Crippen LogP contribution in [0.4, 0.5) is 0 Å². The van der Waals surface area contributed by atoms with Crippen LogP contribution in [0.15, 0.2) is 206 Å². The number of fused-ring (bicyclic) bond motifs is 14. The molecule has 0 amide bonds. The maximum Gasteiger partial charge on any atom is 0.113 e. The second-order valence-corrected chi connectivity index (χ2v) is 21.5. The van der Waals surface area contributed by atoms with E-state index < -0.39 is 13.5 Å². The van der Waals surface area contributed by atoms with Gasteiger partial charge in [-0.2, -0.15) is 0 Å². The van der Waals surface area contributed by atoms with Crippen molar-refractivity contribution in [2.24, 2.45) is 0 Å². The number of rotatable bonds is 3. The Hall–Kier alpha value is -7.20. The summed E-state index contributed by atoms with van der Waals surface area (Å²) in [5, 5.41) is 8.22. The Kier molecular flexibility index (Phi) is 6.84. The van der Waals surface area contributed by atoms with Gasteiger partial charge in [0.2, 0.25) is 0 Å². The molecule has 2 nitrogen and oxygen atoms in total. The van der Waals surface area contributed by atoms with Gasteiger partial charge in [-0.3, -0.25) is 0 Å².